The van der Waals surface area contributed by atoms with Gasteiger partial charge >= 0.3 is 5.97 Å². The van der Waals surface area contributed by atoms with E-state index >= 15 is 0 Å². The van der Waals surface area contributed by atoms with Crippen LogP contribution in [-0.4, -0.2) is 22.9 Å². The zero-order chi connectivity index (χ0) is 14.2. The number of ketones is 1. The fraction of sp³-hybridized carbons (Fsp3) is 0.333. The first-order chi connectivity index (χ1) is 8.97. The fourth-order valence-electron chi connectivity index (χ4n) is 2.36. The van der Waals surface area contributed by atoms with Crippen LogP contribution in [0.15, 0.2) is 18.2 Å². The number of aromatic nitrogens is 1. The highest BCUT2D eigenvalue weighted by molar-refractivity contribution is 6.41. The second kappa shape index (κ2) is 4.88. The molecular weight excluding hydrogens is 242 g/mol. The quantitative estimate of drug-likeness (QED) is 0.483. The van der Waals surface area contributed by atoms with E-state index in [0.29, 0.717) is 5.69 Å². The van der Waals surface area contributed by atoms with E-state index in [2.05, 4.69) is 0 Å². The van der Waals surface area contributed by atoms with Crippen LogP contribution in [-0.2, 0) is 16.6 Å². The third-order valence-corrected chi connectivity index (χ3v) is 3.28. The molecule has 0 amide bonds. The molecule has 0 unspecified atom stereocenters. The van der Waals surface area contributed by atoms with Crippen molar-refractivity contribution >= 4 is 22.7 Å². The number of aryl methyl sites for hydroxylation is 3. The van der Waals surface area contributed by atoms with Gasteiger partial charge < -0.3 is 9.30 Å². The number of fused-ring (bicyclic) bond motifs is 1. The molecule has 0 saturated heterocycles. The van der Waals surface area contributed by atoms with Crippen molar-refractivity contribution in [2.24, 2.45) is 7.05 Å². The Morgan fingerprint density at radius 3 is 2.58 bits per heavy atom. The van der Waals surface area contributed by atoms with E-state index < -0.39 is 11.8 Å². The van der Waals surface area contributed by atoms with Crippen LogP contribution in [0.3, 0.4) is 0 Å². The summed E-state index contributed by atoms with van der Waals surface area (Å²) < 4.78 is 6.54. The van der Waals surface area contributed by atoms with Crippen molar-refractivity contribution in [1.29, 1.82) is 0 Å². The minimum absolute atomic E-state index is 0.201. The third kappa shape index (κ3) is 2.14. The molecule has 4 heteroatoms. The van der Waals surface area contributed by atoms with Gasteiger partial charge in [0.2, 0.25) is 0 Å². The largest absolute Gasteiger partial charge is 0.460 e. The highest BCUT2D eigenvalue weighted by Gasteiger charge is 2.25. The molecule has 1 aromatic carbocycles. The molecule has 2 aromatic rings. The Labute approximate surface area is 112 Å². The normalized spacial score (nSPS) is 10.7. The predicted octanol–water partition coefficient (Wildman–Crippen LogP) is 2.54. The van der Waals surface area contributed by atoms with E-state index in [1.165, 1.54) is 0 Å². The topological polar surface area (TPSA) is 48.3 Å². The molecule has 0 aliphatic rings. The zero-order valence-corrected chi connectivity index (χ0v) is 11.6. The standard InChI is InChI=1S/C15H17NO3/c1-5-19-15(18)14(17)13-10(3)11-8-9(2)6-7-12(11)16(13)4/h6-8H,5H2,1-4H3. The third-order valence-electron chi connectivity index (χ3n) is 3.28. The van der Waals surface area contributed by atoms with Gasteiger partial charge in [-0.15, -0.1) is 0 Å². The molecule has 0 fully saturated rings. The lowest BCUT2D eigenvalue weighted by Crippen LogP contribution is -2.20. The van der Waals surface area contributed by atoms with Gasteiger partial charge in [0.15, 0.2) is 0 Å². The Morgan fingerprint density at radius 2 is 1.95 bits per heavy atom. The molecule has 0 N–H and O–H groups in total. The summed E-state index contributed by atoms with van der Waals surface area (Å²) in [6, 6.07) is 5.96. The maximum atomic E-state index is 12.1. The Morgan fingerprint density at radius 1 is 1.26 bits per heavy atom. The highest BCUT2D eigenvalue weighted by atomic mass is 16.5. The van der Waals surface area contributed by atoms with Crippen LogP contribution in [0.5, 0.6) is 0 Å². The van der Waals surface area contributed by atoms with Crippen LogP contribution in [0.4, 0.5) is 0 Å². The van der Waals surface area contributed by atoms with Gasteiger partial charge in [0.25, 0.3) is 5.78 Å². The average molecular weight is 259 g/mol. The molecule has 19 heavy (non-hydrogen) atoms. The van der Waals surface area contributed by atoms with E-state index in [9.17, 15) is 9.59 Å². The number of ether oxygens (including phenoxy) is 1. The van der Waals surface area contributed by atoms with Gasteiger partial charge in [-0.05, 0) is 38.5 Å². The van der Waals surface area contributed by atoms with Gasteiger partial charge in [-0.2, -0.15) is 0 Å². The van der Waals surface area contributed by atoms with E-state index in [-0.39, 0.29) is 6.61 Å². The molecule has 0 atom stereocenters. The molecule has 100 valence electrons. The molecule has 0 spiro atoms. The van der Waals surface area contributed by atoms with Crippen LogP contribution in [0, 0.1) is 13.8 Å². The first-order valence-corrected chi connectivity index (χ1v) is 6.24. The van der Waals surface area contributed by atoms with Gasteiger partial charge in [0.1, 0.15) is 5.69 Å². The number of carbonyl (C=O) groups excluding carboxylic acids is 2. The fourth-order valence-corrected chi connectivity index (χ4v) is 2.36. The molecule has 1 aromatic heterocycles. The first kappa shape index (κ1) is 13.3. The predicted molar refractivity (Wildman–Crippen MR) is 73.4 cm³/mol. The number of carbonyl (C=O) groups is 2. The van der Waals surface area contributed by atoms with Gasteiger partial charge in [-0.3, -0.25) is 4.79 Å². The van der Waals surface area contributed by atoms with Crippen LogP contribution >= 0.6 is 0 Å². The molecule has 0 saturated carbocycles. The molecule has 0 aliphatic carbocycles. The summed E-state index contributed by atoms with van der Waals surface area (Å²) >= 11 is 0. The lowest BCUT2D eigenvalue weighted by atomic mass is 10.1. The first-order valence-electron chi connectivity index (χ1n) is 6.24. The van der Waals surface area contributed by atoms with Crippen LogP contribution < -0.4 is 0 Å². The summed E-state index contributed by atoms with van der Waals surface area (Å²) in [7, 11) is 1.79. The second-order valence-corrected chi connectivity index (χ2v) is 4.60. The summed E-state index contributed by atoms with van der Waals surface area (Å²) in [6.07, 6.45) is 0. The van der Waals surface area contributed by atoms with Gasteiger partial charge in [0.05, 0.1) is 6.61 Å². The summed E-state index contributed by atoms with van der Waals surface area (Å²) in [5.74, 6) is -1.39. The van der Waals surface area contributed by atoms with Crippen molar-refractivity contribution in [1.82, 2.24) is 4.57 Å². The van der Waals surface area contributed by atoms with E-state index in [1.807, 2.05) is 32.0 Å². The van der Waals surface area contributed by atoms with Crippen molar-refractivity contribution in [2.75, 3.05) is 6.61 Å². The number of rotatable bonds is 3. The minimum atomic E-state index is -0.798. The maximum absolute atomic E-state index is 12.1. The number of hydrogen-bond donors (Lipinski definition) is 0. The smallest absolute Gasteiger partial charge is 0.381 e. The number of nitrogens with zero attached hydrogens (tertiary/aromatic N) is 1. The number of esters is 1. The molecular formula is C15H17NO3. The summed E-state index contributed by atoms with van der Waals surface area (Å²) in [4.78, 5) is 23.7. The molecule has 0 radical (unpaired) electrons. The average Bonchev–Trinajstić information content (AvgIpc) is 2.61. The lowest BCUT2D eigenvalue weighted by molar-refractivity contribution is -0.137. The maximum Gasteiger partial charge on any atom is 0.381 e. The molecule has 0 bridgehead atoms. The van der Waals surface area contributed by atoms with Crippen LogP contribution in [0.25, 0.3) is 10.9 Å². The second-order valence-electron chi connectivity index (χ2n) is 4.60. The van der Waals surface area contributed by atoms with Crippen molar-refractivity contribution < 1.29 is 14.3 Å². The monoisotopic (exact) mass is 259 g/mol. The van der Waals surface area contributed by atoms with Gasteiger partial charge in [0, 0.05) is 18.0 Å². The van der Waals surface area contributed by atoms with E-state index in [4.69, 9.17) is 4.74 Å². The molecule has 0 aliphatic heterocycles. The number of Topliss-reactive ketones (excluding diaryl/α,β-unsaturated/α-hetero) is 1. The Hall–Kier alpha value is -2.10. The van der Waals surface area contributed by atoms with E-state index in [1.54, 1.807) is 18.5 Å². The summed E-state index contributed by atoms with van der Waals surface area (Å²) in [5.41, 5.74) is 3.28. The van der Waals surface area contributed by atoms with Crippen molar-refractivity contribution in [3.05, 3.63) is 35.0 Å². The molecule has 4 nitrogen and oxygen atoms in total. The lowest BCUT2D eigenvalue weighted by Gasteiger charge is -2.04. The van der Waals surface area contributed by atoms with Crippen molar-refractivity contribution in [3.8, 4) is 0 Å². The van der Waals surface area contributed by atoms with Crippen LogP contribution in [0.2, 0.25) is 0 Å². The molecule has 2 rings (SSSR count). The number of benzene rings is 1. The zero-order valence-electron chi connectivity index (χ0n) is 11.6. The molecule has 1 heterocycles. The van der Waals surface area contributed by atoms with Gasteiger partial charge in [-0.25, -0.2) is 4.79 Å². The van der Waals surface area contributed by atoms with Gasteiger partial charge in [-0.1, -0.05) is 11.6 Å². The highest BCUT2D eigenvalue weighted by Crippen LogP contribution is 2.26. The Balaban J connectivity index is 2.61. The Kier molecular flexibility index (Phi) is 3.42. The SMILES string of the molecule is CCOC(=O)C(=O)c1c(C)c2cc(C)ccc2n1C. The summed E-state index contributed by atoms with van der Waals surface area (Å²) in [5, 5.41) is 0.996. The minimum Gasteiger partial charge on any atom is -0.460 e. The van der Waals surface area contributed by atoms with Crippen molar-refractivity contribution in [2.45, 2.75) is 20.8 Å². The summed E-state index contributed by atoms with van der Waals surface area (Å²) in [6.45, 7) is 5.74. The van der Waals surface area contributed by atoms with E-state index in [0.717, 1.165) is 22.0 Å². The Bertz CT molecular complexity index is 668. The van der Waals surface area contributed by atoms with Crippen LogP contribution in [0.1, 0.15) is 28.5 Å². The number of hydrogen-bond acceptors (Lipinski definition) is 3. The van der Waals surface area contributed by atoms with Crippen molar-refractivity contribution in [3.63, 3.8) is 0 Å².